The minimum Gasteiger partial charge on any atom is -0.484 e. The van der Waals surface area contributed by atoms with E-state index >= 15 is 0 Å². The maximum atomic E-state index is 13.2. The van der Waals surface area contributed by atoms with Crippen molar-refractivity contribution in [3.63, 3.8) is 0 Å². The van der Waals surface area contributed by atoms with Gasteiger partial charge in [0.15, 0.2) is 6.61 Å². The Kier molecular flexibility index (Phi) is 6.29. The van der Waals surface area contributed by atoms with Gasteiger partial charge in [-0.05, 0) is 72.2 Å². The number of carbonyl (C=O) groups excluding carboxylic acids is 1. The van der Waals surface area contributed by atoms with Crippen molar-refractivity contribution in [1.82, 2.24) is 4.57 Å². The molecule has 0 atom stereocenters. The quantitative estimate of drug-likeness (QED) is 0.279. The van der Waals surface area contributed by atoms with Gasteiger partial charge in [0.1, 0.15) is 11.6 Å². The van der Waals surface area contributed by atoms with Crippen molar-refractivity contribution in [2.75, 3.05) is 6.61 Å². The summed E-state index contributed by atoms with van der Waals surface area (Å²) < 4.78 is 60.2. The number of alkyl halides is 3. The number of ketones is 1. The van der Waals surface area contributed by atoms with E-state index in [2.05, 4.69) is 15.9 Å². The maximum Gasteiger partial charge on any atom is 0.417 e. The van der Waals surface area contributed by atoms with Gasteiger partial charge in [0.05, 0.1) is 15.1 Å². The minimum absolute atomic E-state index is 0.239. The molecule has 3 rings (SSSR count). The van der Waals surface area contributed by atoms with Crippen LogP contribution in [0, 0.1) is 19.7 Å². The SMILES string of the molecule is Cc1cc(C(=O)COc2ccc(F)cc2Br)c(C)n1-c1ccc(Cl)c(C(F)(F)F)c1. The summed E-state index contributed by atoms with van der Waals surface area (Å²) in [6, 6.07) is 8.97. The van der Waals surface area contributed by atoms with Crippen LogP contribution in [0.5, 0.6) is 5.75 Å². The zero-order valence-corrected chi connectivity index (χ0v) is 18.1. The zero-order valence-electron chi connectivity index (χ0n) is 15.8. The molecule has 0 aliphatic carbocycles. The molecule has 3 aromatic rings. The molecule has 0 fully saturated rings. The molecule has 158 valence electrons. The Bertz CT molecular complexity index is 1120. The highest BCUT2D eigenvalue weighted by Gasteiger charge is 2.33. The summed E-state index contributed by atoms with van der Waals surface area (Å²) in [5.41, 5.74) is 0.646. The van der Waals surface area contributed by atoms with Gasteiger partial charge >= 0.3 is 6.18 Å². The van der Waals surface area contributed by atoms with E-state index in [1.165, 1.54) is 30.3 Å². The van der Waals surface area contributed by atoms with Gasteiger partial charge in [-0.15, -0.1) is 0 Å². The number of nitrogens with zero attached hydrogens (tertiary/aromatic N) is 1. The number of carbonyl (C=O) groups is 1. The van der Waals surface area contributed by atoms with Gasteiger partial charge in [-0.25, -0.2) is 4.39 Å². The highest BCUT2D eigenvalue weighted by molar-refractivity contribution is 9.10. The average molecular weight is 505 g/mol. The number of aryl methyl sites for hydroxylation is 1. The molecule has 0 bridgehead atoms. The molecule has 0 amide bonds. The number of halogens is 6. The Labute approximate surface area is 183 Å². The Morgan fingerprint density at radius 1 is 1.13 bits per heavy atom. The summed E-state index contributed by atoms with van der Waals surface area (Å²) in [5, 5.41) is -0.400. The number of aromatic nitrogens is 1. The Balaban J connectivity index is 1.89. The van der Waals surface area contributed by atoms with Crippen LogP contribution in [0.1, 0.15) is 27.3 Å². The number of Topliss-reactive ketones (excluding diaryl/α,β-unsaturated/α-hetero) is 1. The molecule has 0 radical (unpaired) electrons. The topological polar surface area (TPSA) is 31.2 Å². The second-order valence-electron chi connectivity index (χ2n) is 6.57. The van der Waals surface area contributed by atoms with Crippen LogP contribution < -0.4 is 4.74 Å². The molecule has 0 unspecified atom stereocenters. The van der Waals surface area contributed by atoms with Gasteiger partial charge in [0.2, 0.25) is 5.78 Å². The Hall–Kier alpha value is -2.32. The molecule has 2 aromatic carbocycles. The van der Waals surface area contributed by atoms with Gasteiger partial charge in [-0.1, -0.05) is 11.6 Å². The van der Waals surface area contributed by atoms with E-state index in [1.54, 1.807) is 24.5 Å². The molecular weight excluding hydrogens is 490 g/mol. The number of hydrogen-bond donors (Lipinski definition) is 0. The van der Waals surface area contributed by atoms with Crippen molar-refractivity contribution in [1.29, 1.82) is 0 Å². The fourth-order valence-electron chi connectivity index (χ4n) is 3.13. The molecule has 3 nitrogen and oxygen atoms in total. The van der Waals surface area contributed by atoms with Crippen LogP contribution in [0.15, 0.2) is 46.9 Å². The number of ether oxygens (including phenoxy) is 1. The lowest BCUT2D eigenvalue weighted by Crippen LogP contribution is -2.13. The monoisotopic (exact) mass is 503 g/mol. The largest absolute Gasteiger partial charge is 0.484 e. The van der Waals surface area contributed by atoms with E-state index in [0.29, 0.717) is 27.2 Å². The molecule has 0 saturated carbocycles. The molecular formula is C21H15BrClF4NO2. The van der Waals surface area contributed by atoms with Crippen LogP contribution in [-0.4, -0.2) is 17.0 Å². The number of rotatable bonds is 5. The van der Waals surface area contributed by atoms with Crippen molar-refractivity contribution in [2.24, 2.45) is 0 Å². The Morgan fingerprint density at radius 3 is 2.47 bits per heavy atom. The summed E-state index contributed by atoms with van der Waals surface area (Å²) in [6.07, 6.45) is -4.60. The third-order valence-corrected chi connectivity index (χ3v) is 5.45. The van der Waals surface area contributed by atoms with E-state index in [1.807, 2.05) is 0 Å². The molecule has 1 heterocycles. The molecule has 0 saturated heterocycles. The normalized spacial score (nSPS) is 11.6. The van der Waals surface area contributed by atoms with E-state index in [4.69, 9.17) is 16.3 Å². The summed E-state index contributed by atoms with van der Waals surface area (Å²) in [7, 11) is 0. The van der Waals surface area contributed by atoms with Crippen LogP contribution >= 0.6 is 27.5 Å². The lowest BCUT2D eigenvalue weighted by Gasteiger charge is -2.14. The molecule has 0 spiro atoms. The predicted molar refractivity (Wildman–Crippen MR) is 109 cm³/mol. The van der Waals surface area contributed by atoms with Gasteiger partial charge in [-0.2, -0.15) is 13.2 Å². The molecule has 1 aromatic heterocycles. The third-order valence-electron chi connectivity index (χ3n) is 4.50. The molecule has 0 aliphatic rings. The highest BCUT2D eigenvalue weighted by atomic mass is 79.9. The van der Waals surface area contributed by atoms with Crippen molar-refractivity contribution in [3.05, 3.63) is 80.3 Å². The summed E-state index contributed by atoms with van der Waals surface area (Å²) in [6.45, 7) is 3.00. The second kappa shape index (κ2) is 8.43. The van der Waals surface area contributed by atoms with Crippen LogP contribution in [0.3, 0.4) is 0 Å². The van der Waals surface area contributed by atoms with Crippen molar-refractivity contribution < 1.29 is 27.1 Å². The fourth-order valence-corrected chi connectivity index (χ4v) is 3.82. The summed E-state index contributed by atoms with van der Waals surface area (Å²) in [5.74, 6) is -0.521. The van der Waals surface area contributed by atoms with Crippen LogP contribution in [0.4, 0.5) is 17.6 Å². The maximum absolute atomic E-state index is 13.2. The lowest BCUT2D eigenvalue weighted by atomic mass is 10.1. The van der Waals surface area contributed by atoms with Gasteiger partial charge in [-0.3, -0.25) is 4.79 Å². The molecule has 9 heteroatoms. The van der Waals surface area contributed by atoms with Gasteiger partial charge in [0, 0.05) is 22.6 Å². The van der Waals surface area contributed by atoms with Crippen LogP contribution in [-0.2, 0) is 6.18 Å². The van der Waals surface area contributed by atoms with Gasteiger partial charge < -0.3 is 9.30 Å². The molecule has 30 heavy (non-hydrogen) atoms. The highest BCUT2D eigenvalue weighted by Crippen LogP contribution is 2.36. The lowest BCUT2D eigenvalue weighted by molar-refractivity contribution is -0.137. The standard InChI is InChI=1S/C21H15BrClF4NO2/c1-11-7-15(19(29)10-30-20-6-3-13(24)8-17(20)22)12(2)28(11)14-4-5-18(23)16(9-14)21(25,26)27/h3-9H,10H2,1-2H3. The smallest absolute Gasteiger partial charge is 0.417 e. The second-order valence-corrected chi connectivity index (χ2v) is 7.83. The van der Waals surface area contributed by atoms with Gasteiger partial charge in [0.25, 0.3) is 0 Å². The van der Waals surface area contributed by atoms with Crippen LogP contribution in [0.2, 0.25) is 5.02 Å². The van der Waals surface area contributed by atoms with Crippen LogP contribution in [0.25, 0.3) is 5.69 Å². The van der Waals surface area contributed by atoms with Crippen molar-refractivity contribution in [2.45, 2.75) is 20.0 Å². The van der Waals surface area contributed by atoms with Crippen molar-refractivity contribution in [3.8, 4) is 11.4 Å². The van der Waals surface area contributed by atoms with E-state index in [-0.39, 0.29) is 18.1 Å². The van der Waals surface area contributed by atoms with E-state index in [0.717, 1.165) is 6.07 Å². The fraction of sp³-hybridized carbons (Fsp3) is 0.190. The molecule has 0 aliphatic heterocycles. The average Bonchev–Trinajstić information content (AvgIpc) is 2.95. The number of benzene rings is 2. The number of hydrogen-bond acceptors (Lipinski definition) is 2. The first-order chi connectivity index (χ1) is 14.0. The first-order valence-corrected chi connectivity index (χ1v) is 9.83. The first kappa shape index (κ1) is 22.4. The summed E-state index contributed by atoms with van der Waals surface area (Å²) in [4.78, 5) is 12.7. The van der Waals surface area contributed by atoms with Crippen molar-refractivity contribution >= 4 is 33.3 Å². The zero-order chi connectivity index (χ0) is 22.2. The predicted octanol–water partition coefficient (Wildman–Crippen LogP) is 6.93. The van der Waals surface area contributed by atoms with E-state index in [9.17, 15) is 22.4 Å². The minimum atomic E-state index is -4.60. The third kappa shape index (κ3) is 4.54. The Morgan fingerprint density at radius 2 is 1.83 bits per heavy atom. The molecule has 0 N–H and O–H groups in total. The summed E-state index contributed by atoms with van der Waals surface area (Å²) >= 11 is 8.86. The van der Waals surface area contributed by atoms with E-state index < -0.39 is 22.6 Å². The first-order valence-electron chi connectivity index (χ1n) is 8.66.